The molecule has 4 fully saturated rings. The molecular weight excluding hydrogens is 256 g/mol. The summed E-state index contributed by atoms with van der Waals surface area (Å²) in [4.78, 5) is 3.02. The molecule has 0 aromatic heterocycles. The first-order valence-corrected chi connectivity index (χ1v) is 9.91. The van der Waals surface area contributed by atoms with Crippen molar-refractivity contribution < 1.29 is 0 Å². The Morgan fingerprint density at radius 2 is 1.33 bits per heavy atom. The van der Waals surface area contributed by atoms with Gasteiger partial charge in [0, 0.05) is 31.2 Å². The Morgan fingerprint density at radius 1 is 0.667 bits per heavy atom. The number of nitrogens with zero attached hydrogens (tertiary/aromatic N) is 1. The van der Waals surface area contributed by atoms with E-state index in [1.165, 1.54) is 90.1 Å². The highest BCUT2D eigenvalue weighted by Gasteiger charge is 2.41. The predicted molar refractivity (Wildman–Crippen MR) is 88.5 cm³/mol. The zero-order valence-electron chi connectivity index (χ0n) is 13.7. The van der Waals surface area contributed by atoms with E-state index in [0.29, 0.717) is 0 Å². The first-order chi connectivity index (χ1) is 10.4. The van der Waals surface area contributed by atoms with Crippen molar-refractivity contribution in [2.24, 2.45) is 11.8 Å². The molecule has 2 heteroatoms. The van der Waals surface area contributed by atoms with E-state index in [0.717, 1.165) is 30.0 Å². The third-order valence-corrected chi connectivity index (χ3v) is 6.85. The largest absolute Gasteiger partial charge is 0.311 e. The Morgan fingerprint density at radius 3 is 2.00 bits per heavy atom. The Hall–Kier alpha value is -0.0800. The minimum atomic E-state index is 0.826. The van der Waals surface area contributed by atoms with E-state index in [1.54, 1.807) is 0 Å². The molecule has 21 heavy (non-hydrogen) atoms. The van der Waals surface area contributed by atoms with Gasteiger partial charge in [-0.15, -0.1) is 0 Å². The van der Waals surface area contributed by atoms with E-state index in [2.05, 4.69) is 10.2 Å². The lowest BCUT2D eigenvalue weighted by Crippen LogP contribution is -2.62. The lowest BCUT2D eigenvalue weighted by atomic mass is 9.80. The quantitative estimate of drug-likeness (QED) is 0.846. The molecule has 0 bridgehead atoms. The minimum absolute atomic E-state index is 0.826. The van der Waals surface area contributed by atoms with Crippen LogP contribution in [0.1, 0.15) is 77.0 Å². The fourth-order valence-electron chi connectivity index (χ4n) is 5.42. The topological polar surface area (TPSA) is 15.3 Å². The number of hydrogen-bond donors (Lipinski definition) is 1. The van der Waals surface area contributed by atoms with Gasteiger partial charge in [-0.05, 0) is 50.4 Å². The van der Waals surface area contributed by atoms with Crippen LogP contribution in [0.15, 0.2) is 0 Å². The molecule has 2 atom stereocenters. The summed E-state index contributed by atoms with van der Waals surface area (Å²) in [6.45, 7) is 2.67. The molecule has 0 aromatic carbocycles. The fraction of sp³-hybridized carbons (Fsp3) is 1.00. The van der Waals surface area contributed by atoms with Crippen LogP contribution in [0.3, 0.4) is 0 Å². The Balaban J connectivity index is 1.46. The summed E-state index contributed by atoms with van der Waals surface area (Å²) in [6.07, 6.45) is 17.9. The molecule has 4 aliphatic rings. The van der Waals surface area contributed by atoms with Crippen LogP contribution in [0, 0.1) is 11.8 Å². The lowest BCUT2D eigenvalue weighted by Gasteiger charge is -2.49. The lowest BCUT2D eigenvalue weighted by molar-refractivity contribution is 0.0181. The summed E-state index contributed by atoms with van der Waals surface area (Å²) in [7, 11) is 0. The fourth-order valence-corrected chi connectivity index (χ4v) is 5.42. The first-order valence-electron chi connectivity index (χ1n) is 9.91. The van der Waals surface area contributed by atoms with Gasteiger partial charge in [0.2, 0.25) is 0 Å². The van der Waals surface area contributed by atoms with E-state index in [9.17, 15) is 0 Å². The van der Waals surface area contributed by atoms with Crippen molar-refractivity contribution in [3.8, 4) is 0 Å². The first kappa shape index (κ1) is 14.5. The van der Waals surface area contributed by atoms with Crippen LogP contribution >= 0.6 is 0 Å². The van der Waals surface area contributed by atoms with E-state index < -0.39 is 0 Å². The second-order valence-corrected chi connectivity index (χ2v) is 8.31. The highest BCUT2D eigenvalue weighted by atomic mass is 15.3. The van der Waals surface area contributed by atoms with Crippen molar-refractivity contribution in [3.05, 3.63) is 0 Å². The van der Waals surface area contributed by atoms with Crippen LogP contribution in [0.5, 0.6) is 0 Å². The summed E-state index contributed by atoms with van der Waals surface area (Å²) in [5, 5.41) is 3.96. The molecule has 0 radical (unpaired) electrons. The monoisotopic (exact) mass is 290 g/mol. The number of hydrogen-bond acceptors (Lipinski definition) is 2. The number of piperazine rings is 1. The minimum Gasteiger partial charge on any atom is -0.311 e. The van der Waals surface area contributed by atoms with Gasteiger partial charge in [-0.1, -0.05) is 38.5 Å². The van der Waals surface area contributed by atoms with E-state index in [1.807, 2.05) is 0 Å². The summed E-state index contributed by atoms with van der Waals surface area (Å²) < 4.78 is 0. The van der Waals surface area contributed by atoms with Crippen LogP contribution < -0.4 is 5.32 Å². The van der Waals surface area contributed by atoms with Gasteiger partial charge in [0.15, 0.2) is 0 Å². The maximum absolute atomic E-state index is 3.96. The van der Waals surface area contributed by atoms with Crippen molar-refractivity contribution in [3.63, 3.8) is 0 Å². The van der Waals surface area contributed by atoms with Gasteiger partial charge in [-0.3, -0.25) is 4.90 Å². The van der Waals surface area contributed by atoms with Crippen LogP contribution in [0.2, 0.25) is 0 Å². The Kier molecular flexibility index (Phi) is 4.55. The molecule has 120 valence electrons. The van der Waals surface area contributed by atoms with Crippen LogP contribution in [-0.4, -0.2) is 36.1 Å². The number of nitrogens with one attached hydrogen (secondary N) is 1. The summed E-state index contributed by atoms with van der Waals surface area (Å²) in [6, 6.07) is 2.61. The maximum atomic E-state index is 3.96. The molecule has 3 saturated carbocycles. The maximum Gasteiger partial charge on any atom is 0.0252 e. The van der Waals surface area contributed by atoms with Crippen LogP contribution in [0.4, 0.5) is 0 Å². The standard InChI is InChI=1S/C19H34N2/c1-3-7-16(8-4-1)19-13-20-18(15-11-12-15)14-21(19)17-9-5-2-6-10-17/h15-20H,1-14H2. The van der Waals surface area contributed by atoms with Gasteiger partial charge in [0.1, 0.15) is 0 Å². The van der Waals surface area contributed by atoms with Crippen LogP contribution in [-0.2, 0) is 0 Å². The van der Waals surface area contributed by atoms with Crippen LogP contribution in [0.25, 0.3) is 0 Å². The molecule has 0 aromatic rings. The predicted octanol–water partition coefficient (Wildman–Crippen LogP) is 3.95. The number of rotatable bonds is 3. The molecule has 3 aliphatic carbocycles. The SMILES string of the molecule is C1CCC(C2CNC(C3CC3)CN2C2CCCCC2)CC1. The Bertz CT molecular complexity index is 326. The summed E-state index contributed by atoms with van der Waals surface area (Å²) in [5.41, 5.74) is 0. The molecule has 2 unspecified atom stereocenters. The van der Waals surface area contributed by atoms with Gasteiger partial charge in [0.25, 0.3) is 0 Å². The summed E-state index contributed by atoms with van der Waals surface area (Å²) >= 11 is 0. The van der Waals surface area contributed by atoms with Crippen molar-refractivity contribution >= 4 is 0 Å². The molecule has 1 heterocycles. The van der Waals surface area contributed by atoms with Gasteiger partial charge in [-0.2, -0.15) is 0 Å². The molecular formula is C19H34N2. The summed E-state index contributed by atoms with van der Waals surface area (Å²) in [5.74, 6) is 2.01. The second-order valence-electron chi connectivity index (χ2n) is 8.31. The molecule has 0 amide bonds. The van der Waals surface area contributed by atoms with Gasteiger partial charge < -0.3 is 5.32 Å². The highest BCUT2D eigenvalue weighted by molar-refractivity contribution is 4.99. The van der Waals surface area contributed by atoms with Crippen molar-refractivity contribution in [2.45, 2.75) is 95.2 Å². The van der Waals surface area contributed by atoms with Gasteiger partial charge in [-0.25, -0.2) is 0 Å². The van der Waals surface area contributed by atoms with Crippen molar-refractivity contribution in [1.29, 1.82) is 0 Å². The highest BCUT2D eigenvalue weighted by Crippen LogP contribution is 2.38. The molecule has 2 nitrogen and oxygen atoms in total. The normalized spacial score (nSPS) is 37.7. The molecule has 1 aliphatic heterocycles. The zero-order valence-corrected chi connectivity index (χ0v) is 13.7. The van der Waals surface area contributed by atoms with Crippen molar-refractivity contribution in [1.82, 2.24) is 10.2 Å². The third-order valence-electron chi connectivity index (χ3n) is 6.85. The second kappa shape index (κ2) is 6.58. The molecule has 1 saturated heterocycles. The Labute approximate surface area is 131 Å². The third kappa shape index (κ3) is 3.32. The average Bonchev–Trinajstić information content (AvgIpc) is 3.41. The molecule has 0 spiro atoms. The average molecular weight is 290 g/mol. The molecule has 4 rings (SSSR count). The van der Waals surface area contributed by atoms with Gasteiger partial charge in [0.05, 0.1) is 0 Å². The zero-order chi connectivity index (χ0) is 14.1. The van der Waals surface area contributed by atoms with Crippen molar-refractivity contribution in [2.75, 3.05) is 13.1 Å². The smallest absolute Gasteiger partial charge is 0.0252 e. The van der Waals surface area contributed by atoms with E-state index in [4.69, 9.17) is 0 Å². The van der Waals surface area contributed by atoms with E-state index >= 15 is 0 Å². The van der Waals surface area contributed by atoms with Gasteiger partial charge >= 0.3 is 0 Å². The van der Waals surface area contributed by atoms with E-state index in [-0.39, 0.29) is 0 Å². The molecule has 1 N–H and O–H groups in total.